The molecule has 1 heterocycles. The molecular formula is C38H54O5. The number of ketones is 1. The molecule has 2 N–H and O–H groups in total. The number of ether oxygens (including phenoxy) is 1. The number of aromatic hydroxyl groups is 1. The van der Waals surface area contributed by atoms with Crippen LogP contribution in [0.2, 0.25) is 0 Å². The van der Waals surface area contributed by atoms with E-state index in [9.17, 15) is 19.8 Å². The monoisotopic (exact) mass is 590 g/mol. The summed E-state index contributed by atoms with van der Waals surface area (Å²) in [5.74, 6) is 0.0159. The van der Waals surface area contributed by atoms with Crippen molar-refractivity contribution < 1.29 is 24.5 Å². The molecule has 5 nitrogen and oxygen atoms in total. The summed E-state index contributed by atoms with van der Waals surface area (Å²) in [5, 5.41) is 20.7. The first kappa shape index (κ1) is 29.8. The number of carboxylic acid groups (broad SMARTS) is 1. The lowest BCUT2D eigenvalue weighted by Gasteiger charge is -2.69. The Kier molecular flexibility index (Phi) is 6.31. The lowest BCUT2D eigenvalue weighted by Crippen LogP contribution is -2.64. The third kappa shape index (κ3) is 3.78. The number of rotatable bonds is 2. The molecule has 10 atom stereocenters. The molecule has 1 aliphatic heterocycles. The van der Waals surface area contributed by atoms with Gasteiger partial charge in [-0.05, 0) is 152 Å². The molecule has 236 valence electrons. The van der Waals surface area contributed by atoms with E-state index in [1.807, 2.05) is 0 Å². The third-order valence-corrected chi connectivity index (χ3v) is 15.6. The highest BCUT2D eigenvalue weighted by atomic mass is 16.5. The molecule has 43 heavy (non-hydrogen) atoms. The maximum absolute atomic E-state index is 12.9. The fraction of sp³-hybridized carbons (Fsp3) is 0.789. The predicted octanol–water partition coefficient (Wildman–Crippen LogP) is 8.49. The number of carbonyl (C=O) groups excluding carboxylic acids is 1. The van der Waals surface area contributed by atoms with E-state index in [0.29, 0.717) is 29.3 Å². The van der Waals surface area contributed by atoms with Gasteiger partial charge in [0.2, 0.25) is 0 Å². The van der Waals surface area contributed by atoms with Crippen LogP contribution in [0.5, 0.6) is 5.75 Å². The largest absolute Gasteiger partial charge is 0.508 e. The van der Waals surface area contributed by atoms with Crippen LogP contribution in [0, 0.1) is 45.3 Å². The van der Waals surface area contributed by atoms with Gasteiger partial charge in [-0.1, -0.05) is 48.0 Å². The molecule has 0 radical (unpaired) electrons. The van der Waals surface area contributed by atoms with Gasteiger partial charge in [-0.15, -0.1) is 0 Å². The van der Waals surface area contributed by atoms with E-state index in [1.165, 1.54) is 44.9 Å². The van der Waals surface area contributed by atoms with Gasteiger partial charge in [0.05, 0.1) is 11.7 Å². The quantitative estimate of drug-likeness (QED) is 0.267. The first-order valence-electron chi connectivity index (χ1n) is 17.3. The highest BCUT2D eigenvalue weighted by Gasteiger charge is 2.69. The van der Waals surface area contributed by atoms with E-state index in [0.717, 1.165) is 43.2 Å². The van der Waals surface area contributed by atoms with Gasteiger partial charge in [-0.3, -0.25) is 4.79 Å². The minimum atomic E-state index is -1.42. The SMILES string of the molecule is CC1(C)CCCC2(C)OC3CCC4(C)C(CCC5(C)C6Cc7c(O)ccc(C(=O)C(=O)O)c7C6(C)CCC54)C3(C)CCC12. The molecule has 5 fully saturated rings. The topological polar surface area (TPSA) is 83.8 Å². The molecule has 1 saturated heterocycles. The first-order chi connectivity index (χ1) is 20.0. The van der Waals surface area contributed by atoms with Crippen molar-refractivity contribution in [2.24, 2.45) is 45.3 Å². The third-order valence-electron chi connectivity index (χ3n) is 15.6. The Morgan fingerprint density at radius 1 is 0.744 bits per heavy atom. The molecule has 5 aliphatic carbocycles. The van der Waals surface area contributed by atoms with Crippen LogP contribution in [0.25, 0.3) is 0 Å². The van der Waals surface area contributed by atoms with E-state index in [-0.39, 0.29) is 44.5 Å². The molecule has 0 aromatic heterocycles. The van der Waals surface area contributed by atoms with Crippen molar-refractivity contribution in [2.75, 3.05) is 0 Å². The van der Waals surface area contributed by atoms with Gasteiger partial charge >= 0.3 is 5.97 Å². The zero-order valence-electron chi connectivity index (χ0n) is 27.6. The van der Waals surface area contributed by atoms with Crippen molar-refractivity contribution in [3.63, 3.8) is 0 Å². The Labute approximate surface area is 258 Å². The van der Waals surface area contributed by atoms with Crippen LogP contribution in [0.3, 0.4) is 0 Å². The van der Waals surface area contributed by atoms with Crippen LogP contribution in [0.1, 0.15) is 141 Å². The summed E-state index contributed by atoms with van der Waals surface area (Å²) in [6, 6.07) is 3.10. The van der Waals surface area contributed by atoms with Crippen LogP contribution in [0.15, 0.2) is 12.1 Å². The van der Waals surface area contributed by atoms with Gasteiger partial charge in [0.1, 0.15) is 5.75 Å². The highest BCUT2D eigenvalue weighted by molar-refractivity contribution is 6.40. The number of hydrogen-bond donors (Lipinski definition) is 2. The van der Waals surface area contributed by atoms with E-state index in [4.69, 9.17) is 4.74 Å². The minimum Gasteiger partial charge on any atom is -0.508 e. The highest BCUT2D eigenvalue weighted by Crippen LogP contribution is 2.74. The predicted molar refractivity (Wildman–Crippen MR) is 167 cm³/mol. The van der Waals surface area contributed by atoms with Crippen LogP contribution in [-0.4, -0.2) is 33.7 Å². The Morgan fingerprint density at radius 2 is 1.35 bits per heavy atom. The van der Waals surface area contributed by atoms with Crippen molar-refractivity contribution in [3.05, 3.63) is 28.8 Å². The molecule has 0 spiro atoms. The molecule has 0 bridgehead atoms. The lowest BCUT2D eigenvalue weighted by atomic mass is 9.36. The second kappa shape index (κ2) is 9.10. The normalized spacial score (nSPS) is 47.9. The standard InChI is InChI=1S/C38H54O5/c1-33(2)15-8-16-38(7)25(33)11-18-36(5)27-12-17-35(4)26(34(27,3)20-14-29(36)43-38)13-19-37(6)28(35)21-23-24(39)10-9-22(30(23)37)31(40)32(41)42/h9-10,25-29,39H,8,11-21H2,1-7H3,(H,41,42). The molecule has 4 saturated carbocycles. The zero-order chi connectivity index (χ0) is 31.0. The zero-order valence-corrected chi connectivity index (χ0v) is 27.6. The van der Waals surface area contributed by atoms with Crippen molar-refractivity contribution >= 4 is 11.8 Å². The average Bonchev–Trinajstić information content (AvgIpc) is 3.18. The van der Waals surface area contributed by atoms with Crippen molar-refractivity contribution in [1.82, 2.24) is 0 Å². The van der Waals surface area contributed by atoms with Crippen molar-refractivity contribution in [1.29, 1.82) is 0 Å². The number of phenols is 1. The van der Waals surface area contributed by atoms with Crippen molar-refractivity contribution in [2.45, 2.75) is 143 Å². The summed E-state index contributed by atoms with van der Waals surface area (Å²) in [5.41, 5.74) is 2.36. The molecule has 1 aromatic carbocycles. The Bertz CT molecular complexity index is 1380. The molecule has 10 unspecified atom stereocenters. The number of benzene rings is 1. The minimum absolute atomic E-state index is 0.0174. The van der Waals surface area contributed by atoms with Crippen LogP contribution >= 0.6 is 0 Å². The second-order valence-electron chi connectivity index (χ2n) is 17.9. The second-order valence-corrected chi connectivity index (χ2v) is 17.9. The van der Waals surface area contributed by atoms with Gasteiger partial charge in [0.25, 0.3) is 5.78 Å². The number of Topliss-reactive ketones (excluding diaryl/α,β-unsaturated/α-hetero) is 1. The molecule has 1 aromatic rings. The number of carboxylic acids is 1. The number of carbonyl (C=O) groups is 2. The summed E-state index contributed by atoms with van der Waals surface area (Å²) in [7, 11) is 0. The van der Waals surface area contributed by atoms with E-state index in [1.54, 1.807) is 12.1 Å². The van der Waals surface area contributed by atoms with Gasteiger partial charge in [-0.25, -0.2) is 4.79 Å². The summed E-state index contributed by atoms with van der Waals surface area (Å²) in [4.78, 5) is 24.7. The Morgan fingerprint density at radius 3 is 2.07 bits per heavy atom. The number of fused-ring (bicyclic) bond motifs is 10. The lowest BCUT2D eigenvalue weighted by molar-refractivity contribution is -0.240. The summed E-state index contributed by atoms with van der Waals surface area (Å²) >= 11 is 0. The molecular weight excluding hydrogens is 536 g/mol. The van der Waals surface area contributed by atoms with E-state index >= 15 is 0 Å². The maximum Gasteiger partial charge on any atom is 0.377 e. The average molecular weight is 591 g/mol. The smallest absolute Gasteiger partial charge is 0.377 e. The van der Waals surface area contributed by atoms with E-state index in [2.05, 4.69) is 48.5 Å². The first-order valence-corrected chi connectivity index (χ1v) is 17.3. The van der Waals surface area contributed by atoms with Gasteiger partial charge < -0.3 is 14.9 Å². The van der Waals surface area contributed by atoms with Crippen LogP contribution in [0.4, 0.5) is 0 Å². The molecule has 6 aliphatic rings. The number of aliphatic carboxylic acids is 1. The fourth-order valence-corrected chi connectivity index (χ4v) is 13.8. The molecule has 7 rings (SSSR count). The number of hydrogen-bond acceptors (Lipinski definition) is 4. The van der Waals surface area contributed by atoms with E-state index < -0.39 is 11.8 Å². The molecule has 0 amide bonds. The van der Waals surface area contributed by atoms with Gasteiger partial charge in [0, 0.05) is 5.56 Å². The maximum atomic E-state index is 12.9. The van der Waals surface area contributed by atoms with Crippen molar-refractivity contribution in [3.8, 4) is 5.75 Å². The molecule has 5 heteroatoms. The summed E-state index contributed by atoms with van der Waals surface area (Å²) < 4.78 is 7.39. The van der Waals surface area contributed by atoms with Crippen LogP contribution < -0.4 is 0 Å². The summed E-state index contributed by atoms with van der Waals surface area (Å²) in [6.45, 7) is 17.4. The Hall–Kier alpha value is -1.88. The van der Waals surface area contributed by atoms with Gasteiger partial charge in [0.15, 0.2) is 0 Å². The Balaban J connectivity index is 1.24. The summed E-state index contributed by atoms with van der Waals surface area (Å²) in [6.07, 6.45) is 14.0. The fourth-order valence-electron chi connectivity index (χ4n) is 13.8. The van der Waals surface area contributed by atoms with Gasteiger partial charge in [-0.2, -0.15) is 0 Å². The number of phenolic OH excluding ortho intramolecular Hbond substituents is 1. The van der Waals surface area contributed by atoms with Crippen LogP contribution in [-0.2, 0) is 21.4 Å².